The van der Waals surface area contributed by atoms with Gasteiger partial charge in [0.25, 0.3) is 0 Å². The fourth-order valence-corrected chi connectivity index (χ4v) is 2.48. The number of nitrogens with one attached hydrogen (secondary N) is 2. The third-order valence-corrected chi connectivity index (χ3v) is 4.06. The molecule has 1 atom stereocenters. The number of rotatable bonds is 7. The Morgan fingerprint density at radius 1 is 1.26 bits per heavy atom. The summed E-state index contributed by atoms with van der Waals surface area (Å²) in [6.45, 7) is 2.74. The van der Waals surface area contributed by atoms with Crippen LogP contribution in [0.3, 0.4) is 0 Å². The Bertz CT molecular complexity index is 462. The summed E-state index contributed by atoms with van der Waals surface area (Å²) in [7, 11) is -0.0352. The van der Waals surface area contributed by atoms with E-state index in [0.29, 0.717) is 13.2 Å². The lowest BCUT2D eigenvalue weighted by molar-refractivity contribution is 0.185. The molecule has 19 heavy (non-hydrogen) atoms. The highest BCUT2D eigenvalue weighted by Crippen LogP contribution is 2.11. The SMILES string of the molecule is CNC(C)CNS(=O)(=O)c1ccc(COC)cc1.Cl. The van der Waals surface area contributed by atoms with Crippen molar-refractivity contribution in [3.63, 3.8) is 0 Å². The fraction of sp³-hybridized carbons (Fsp3) is 0.500. The minimum Gasteiger partial charge on any atom is -0.380 e. The van der Waals surface area contributed by atoms with Crippen LogP contribution in [0.2, 0.25) is 0 Å². The van der Waals surface area contributed by atoms with Crippen LogP contribution in [-0.2, 0) is 21.4 Å². The molecule has 0 amide bonds. The van der Waals surface area contributed by atoms with Crippen LogP contribution in [-0.4, -0.2) is 35.2 Å². The van der Waals surface area contributed by atoms with Gasteiger partial charge in [-0.3, -0.25) is 0 Å². The summed E-state index contributed by atoms with van der Waals surface area (Å²) in [5, 5.41) is 2.97. The predicted molar refractivity (Wildman–Crippen MR) is 78.1 cm³/mol. The molecular weight excluding hydrogens is 288 g/mol. The fourth-order valence-electron chi connectivity index (χ4n) is 1.35. The molecule has 0 aliphatic carbocycles. The van der Waals surface area contributed by atoms with Crippen LogP contribution in [0.15, 0.2) is 29.2 Å². The summed E-state index contributed by atoms with van der Waals surface area (Å²) < 4.78 is 31.4. The van der Waals surface area contributed by atoms with Crippen molar-refractivity contribution in [2.24, 2.45) is 0 Å². The summed E-state index contributed by atoms with van der Waals surface area (Å²) in [5.74, 6) is 0. The number of methoxy groups -OCH3 is 1. The lowest BCUT2D eigenvalue weighted by Gasteiger charge is -2.12. The quantitative estimate of drug-likeness (QED) is 0.793. The van der Waals surface area contributed by atoms with Crippen LogP contribution >= 0.6 is 12.4 Å². The molecule has 0 heterocycles. The molecular formula is C12H21ClN2O3S. The molecule has 0 spiro atoms. The molecule has 2 N–H and O–H groups in total. The molecule has 1 aromatic carbocycles. The van der Waals surface area contributed by atoms with Gasteiger partial charge < -0.3 is 10.1 Å². The zero-order valence-electron chi connectivity index (χ0n) is 11.3. The average Bonchev–Trinajstić information content (AvgIpc) is 2.37. The minimum atomic E-state index is -3.43. The number of benzene rings is 1. The van der Waals surface area contributed by atoms with Gasteiger partial charge in [0.2, 0.25) is 10.0 Å². The third kappa shape index (κ3) is 5.88. The lowest BCUT2D eigenvalue weighted by atomic mass is 10.2. The topological polar surface area (TPSA) is 67.4 Å². The first kappa shape index (κ1) is 18.3. The Labute approximate surface area is 121 Å². The predicted octanol–water partition coefficient (Wildman–Crippen LogP) is 1.14. The first-order valence-corrected chi connectivity index (χ1v) is 7.22. The second-order valence-corrected chi connectivity index (χ2v) is 5.89. The molecule has 0 bridgehead atoms. The number of hydrogen-bond acceptors (Lipinski definition) is 4. The Morgan fingerprint density at radius 3 is 2.32 bits per heavy atom. The second kappa shape index (κ2) is 8.50. The molecule has 110 valence electrons. The molecule has 0 aromatic heterocycles. The van der Waals surface area contributed by atoms with E-state index in [1.165, 1.54) is 0 Å². The highest BCUT2D eigenvalue weighted by atomic mass is 35.5. The van der Waals surface area contributed by atoms with Crippen LogP contribution < -0.4 is 10.0 Å². The van der Waals surface area contributed by atoms with Gasteiger partial charge in [0.05, 0.1) is 11.5 Å². The van der Waals surface area contributed by atoms with Gasteiger partial charge in [-0.25, -0.2) is 13.1 Å². The van der Waals surface area contributed by atoms with E-state index in [-0.39, 0.29) is 23.3 Å². The maximum atomic E-state index is 12.0. The maximum Gasteiger partial charge on any atom is 0.240 e. The van der Waals surface area contributed by atoms with Gasteiger partial charge in [-0.15, -0.1) is 12.4 Å². The molecule has 0 radical (unpaired) electrons. The first-order valence-electron chi connectivity index (χ1n) is 5.74. The Hall–Kier alpha value is -0.660. The van der Waals surface area contributed by atoms with Gasteiger partial charge in [-0.2, -0.15) is 0 Å². The zero-order valence-corrected chi connectivity index (χ0v) is 13.0. The average molecular weight is 309 g/mol. The van der Waals surface area contributed by atoms with Gasteiger partial charge in [0.1, 0.15) is 0 Å². The molecule has 1 unspecified atom stereocenters. The van der Waals surface area contributed by atoms with Crippen molar-refractivity contribution < 1.29 is 13.2 Å². The first-order chi connectivity index (χ1) is 8.49. The van der Waals surface area contributed by atoms with Gasteiger partial charge in [-0.1, -0.05) is 12.1 Å². The maximum absolute atomic E-state index is 12.0. The highest BCUT2D eigenvalue weighted by Gasteiger charge is 2.14. The van der Waals surface area contributed by atoms with Crippen LogP contribution in [0, 0.1) is 0 Å². The van der Waals surface area contributed by atoms with E-state index in [1.807, 2.05) is 6.92 Å². The molecule has 1 rings (SSSR count). The van der Waals surface area contributed by atoms with Gasteiger partial charge in [-0.05, 0) is 31.7 Å². The smallest absolute Gasteiger partial charge is 0.240 e. The largest absolute Gasteiger partial charge is 0.380 e. The number of hydrogen-bond donors (Lipinski definition) is 2. The molecule has 0 saturated heterocycles. The summed E-state index contributed by atoms with van der Waals surface area (Å²) in [4.78, 5) is 0.269. The van der Waals surface area contributed by atoms with Crippen molar-refractivity contribution in [3.05, 3.63) is 29.8 Å². The number of ether oxygens (including phenoxy) is 1. The lowest BCUT2D eigenvalue weighted by Crippen LogP contribution is -2.37. The molecule has 0 fully saturated rings. The summed E-state index contributed by atoms with van der Waals surface area (Å²) in [6.07, 6.45) is 0. The third-order valence-electron chi connectivity index (χ3n) is 2.62. The van der Waals surface area contributed by atoms with E-state index in [9.17, 15) is 8.42 Å². The van der Waals surface area contributed by atoms with E-state index >= 15 is 0 Å². The van der Waals surface area contributed by atoms with Crippen LogP contribution in [0.1, 0.15) is 12.5 Å². The van der Waals surface area contributed by atoms with Crippen molar-refractivity contribution in [1.29, 1.82) is 0 Å². The van der Waals surface area contributed by atoms with E-state index in [2.05, 4.69) is 10.0 Å². The van der Waals surface area contributed by atoms with E-state index in [1.54, 1.807) is 38.4 Å². The molecule has 7 heteroatoms. The normalized spacial score (nSPS) is 12.8. The number of halogens is 1. The zero-order chi connectivity index (χ0) is 13.6. The number of sulfonamides is 1. The Morgan fingerprint density at radius 2 is 1.84 bits per heavy atom. The van der Waals surface area contributed by atoms with Gasteiger partial charge in [0, 0.05) is 19.7 Å². The van der Waals surface area contributed by atoms with E-state index in [4.69, 9.17) is 4.74 Å². The van der Waals surface area contributed by atoms with E-state index in [0.717, 1.165) is 5.56 Å². The molecule has 0 aliphatic heterocycles. The summed E-state index contributed by atoms with van der Waals surface area (Å²) in [6, 6.07) is 6.76. The molecule has 0 aliphatic rings. The van der Waals surface area contributed by atoms with Crippen molar-refractivity contribution >= 4 is 22.4 Å². The molecule has 1 aromatic rings. The van der Waals surface area contributed by atoms with Crippen molar-refractivity contribution in [2.45, 2.75) is 24.5 Å². The minimum absolute atomic E-state index is 0. The van der Waals surface area contributed by atoms with Crippen molar-refractivity contribution in [2.75, 3.05) is 20.7 Å². The highest BCUT2D eigenvalue weighted by molar-refractivity contribution is 7.89. The Balaban J connectivity index is 0.00000324. The van der Waals surface area contributed by atoms with Gasteiger partial charge >= 0.3 is 0 Å². The Kier molecular flexibility index (Phi) is 8.20. The van der Waals surface area contributed by atoms with Crippen molar-refractivity contribution in [3.8, 4) is 0 Å². The number of likely N-dealkylation sites (N-methyl/N-ethyl adjacent to an activating group) is 1. The van der Waals surface area contributed by atoms with E-state index < -0.39 is 10.0 Å². The molecule has 5 nitrogen and oxygen atoms in total. The monoisotopic (exact) mass is 308 g/mol. The summed E-state index contributed by atoms with van der Waals surface area (Å²) in [5.41, 5.74) is 0.944. The van der Waals surface area contributed by atoms with Crippen LogP contribution in [0.25, 0.3) is 0 Å². The van der Waals surface area contributed by atoms with Crippen LogP contribution in [0.4, 0.5) is 0 Å². The van der Waals surface area contributed by atoms with Crippen LogP contribution in [0.5, 0.6) is 0 Å². The molecule has 0 saturated carbocycles. The summed E-state index contributed by atoms with van der Waals surface area (Å²) >= 11 is 0. The van der Waals surface area contributed by atoms with Crippen molar-refractivity contribution in [1.82, 2.24) is 10.0 Å². The standard InChI is InChI=1S/C12H20N2O3S.ClH/c1-10(13-2)8-14-18(15,16)12-6-4-11(5-7-12)9-17-3;/h4-7,10,13-14H,8-9H2,1-3H3;1H. The van der Waals surface area contributed by atoms with Gasteiger partial charge in [0.15, 0.2) is 0 Å². The second-order valence-electron chi connectivity index (χ2n) is 4.12.